The predicted octanol–water partition coefficient (Wildman–Crippen LogP) is 4.05. The number of ether oxygens (including phenoxy) is 2. The summed E-state index contributed by atoms with van der Waals surface area (Å²) in [6, 6.07) is 13.0. The van der Waals surface area contributed by atoms with E-state index in [9.17, 15) is 4.79 Å². The lowest BCUT2D eigenvalue weighted by Gasteiger charge is -2.21. The van der Waals surface area contributed by atoms with Crippen LogP contribution in [0.1, 0.15) is 23.5 Å². The van der Waals surface area contributed by atoms with E-state index in [-0.39, 0.29) is 5.91 Å². The normalized spacial score (nSPS) is 10.6. The number of hydrogen-bond donors (Lipinski definition) is 0. The van der Waals surface area contributed by atoms with Crippen LogP contribution in [0, 0.1) is 0 Å². The van der Waals surface area contributed by atoms with Crippen molar-refractivity contribution in [1.29, 1.82) is 0 Å². The van der Waals surface area contributed by atoms with Crippen molar-refractivity contribution in [2.24, 2.45) is 0 Å². The van der Waals surface area contributed by atoms with Crippen LogP contribution in [0.4, 0.5) is 0 Å². The van der Waals surface area contributed by atoms with Crippen molar-refractivity contribution in [2.75, 3.05) is 14.2 Å². The zero-order valence-corrected chi connectivity index (χ0v) is 15.5. The van der Waals surface area contributed by atoms with Gasteiger partial charge in [0.25, 0.3) is 0 Å². The van der Waals surface area contributed by atoms with Gasteiger partial charge in [-0.2, -0.15) is 0 Å². The summed E-state index contributed by atoms with van der Waals surface area (Å²) >= 11 is 0. The topological polar surface area (TPSA) is 65.0 Å². The number of methoxy groups -OCH3 is 2. The van der Waals surface area contributed by atoms with E-state index in [4.69, 9.17) is 18.3 Å². The minimum absolute atomic E-state index is 0.0255. The lowest BCUT2D eigenvalue weighted by molar-refractivity contribution is -0.133. The molecule has 0 bridgehead atoms. The second-order valence-electron chi connectivity index (χ2n) is 6.10. The van der Waals surface area contributed by atoms with Crippen molar-refractivity contribution in [1.82, 2.24) is 4.90 Å². The molecule has 0 aliphatic carbocycles. The van der Waals surface area contributed by atoms with Gasteiger partial charge in [-0.05, 0) is 48.4 Å². The van der Waals surface area contributed by atoms with Crippen LogP contribution < -0.4 is 9.47 Å². The van der Waals surface area contributed by atoms with E-state index in [1.54, 1.807) is 31.6 Å². The fourth-order valence-electron chi connectivity index (χ4n) is 2.86. The van der Waals surface area contributed by atoms with E-state index in [0.717, 1.165) is 17.1 Å². The molecule has 0 aliphatic heterocycles. The van der Waals surface area contributed by atoms with Crippen LogP contribution in [0.3, 0.4) is 0 Å². The maximum Gasteiger partial charge on any atom is 0.223 e. The summed E-state index contributed by atoms with van der Waals surface area (Å²) in [5.41, 5.74) is 1.01. The summed E-state index contributed by atoms with van der Waals surface area (Å²) in [6.45, 7) is 0.803. The van der Waals surface area contributed by atoms with Gasteiger partial charge >= 0.3 is 0 Å². The molecule has 0 atom stereocenters. The number of rotatable bonds is 9. The SMILES string of the molecule is COc1ccc(CCC(=O)N(Cc2ccco2)Cc2ccco2)cc1OC. The number of amides is 1. The third kappa shape index (κ3) is 4.94. The standard InChI is InChI=1S/C21H23NO5/c1-24-19-9-7-16(13-20(19)25-2)8-10-21(23)22(14-17-5-3-11-26-17)15-18-6-4-12-27-18/h3-7,9,11-13H,8,10,14-15H2,1-2H3. The van der Waals surface area contributed by atoms with Gasteiger partial charge in [-0.3, -0.25) is 4.79 Å². The highest BCUT2D eigenvalue weighted by molar-refractivity contribution is 5.76. The van der Waals surface area contributed by atoms with Crippen LogP contribution in [0.2, 0.25) is 0 Å². The van der Waals surface area contributed by atoms with Crippen molar-refractivity contribution in [3.8, 4) is 11.5 Å². The predicted molar refractivity (Wildman–Crippen MR) is 99.5 cm³/mol. The number of benzene rings is 1. The average Bonchev–Trinajstić information content (AvgIpc) is 3.39. The lowest BCUT2D eigenvalue weighted by atomic mass is 10.1. The number of carbonyl (C=O) groups is 1. The number of nitrogens with zero attached hydrogens (tertiary/aromatic N) is 1. The van der Waals surface area contributed by atoms with Crippen molar-refractivity contribution in [2.45, 2.75) is 25.9 Å². The van der Waals surface area contributed by atoms with E-state index >= 15 is 0 Å². The monoisotopic (exact) mass is 369 g/mol. The second kappa shape index (κ2) is 8.98. The summed E-state index contributed by atoms with van der Waals surface area (Å²) in [5.74, 6) is 2.83. The van der Waals surface area contributed by atoms with Gasteiger partial charge in [0.15, 0.2) is 11.5 Å². The molecule has 142 valence electrons. The molecule has 0 spiro atoms. The van der Waals surface area contributed by atoms with E-state index in [1.165, 1.54) is 0 Å². The molecule has 6 heteroatoms. The first-order chi connectivity index (χ1) is 13.2. The maximum atomic E-state index is 12.8. The molecule has 0 aliphatic rings. The zero-order valence-electron chi connectivity index (χ0n) is 15.5. The molecule has 0 fully saturated rings. The molecule has 27 heavy (non-hydrogen) atoms. The molecule has 0 N–H and O–H groups in total. The minimum Gasteiger partial charge on any atom is -0.493 e. The molecule has 0 saturated heterocycles. The molecule has 3 aromatic rings. The molecular weight excluding hydrogens is 346 g/mol. The van der Waals surface area contributed by atoms with Crippen LogP contribution in [0.15, 0.2) is 63.8 Å². The van der Waals surface area contributed by atoms with Crippen molar-refractivity contribution in [3.05, 3.63) is 72.1 Å². The Kier molecular flexibility index (Phi) is 6.20. The smallest absolute Gasteiger partial charge is 0.223 e. The van der Waals surface area contributed by atoms with Crippen LogP contribution >= 0.6 is 0 Å². The van der Waals surface area contributed by atoms with Gasteiger partial charge in [0.05, 0.1) is 39.8 Å². The Balaban J connectivity index is 1.66. The number of aryl methyl sites for hydroxylation is 1. The molecule has 1 amide bonds. The maximum absolute atomic E-state index is 12.8. The third-order valence-electron chi connectivity index (χ3n) is 4.28. The first-order valence-electron chi connectivity index (χ1n) is 8.73. The summed E-state index contributed by atoms with van der Waals surface area (Å²) in [4.78, 5) is 14.6. The number of hydrogen-bond acceptors (Lipinski definition) is 5. The second-order valence-corrected chi connectivity index (χ2v) is 6.10. The van der Waals surface area contributed by atoms with E-state index in [1.807, 2.05) is 42.5 Å². The van der Waals surface area contributed by atoms with E-state index in [2.05, 4.69) is 0 Å². The van der Waals surface area contributed by atoms with Crippen molar-refractivity contribution >= 4 is 5.91 Å². The molecule has 2 aromatic heterocycles. The first kappa shape index (κ1) is 18.6. The van der Waals surface area contributed by atoms with Gasteiger partial charge in [-0.1, -0.05) is 6.07 Å². The van der Waals surface area contributed by atoms with E-state index in [0.29, 0.717) is 37.4 Å². The molecule has 6 nitrogen and oxygen atoms in total. The van der Waals surface area contributed by atoms with Gasteiger partial charge in [-0.15, -0.1) is 0 Å². The van der Waals surface area contributed by atoms with Crippen molar-refractivity contribution < 1.29 is 23.1 Å². The molecule has 2 heterocycles. The molecular formula is C21H23NO5. The van der Waals surface area contributed by atoms with Crippen LogP contribution in [-0.4, -0.2) is 25.0 Å². The van der Waals surface area contributed by atoms with Crippen molar-refractivity contribution in [3.63, 3.8) is 0 Å². The largest absolute Gasteiger partial charge is 0.493 e. The molecule has 0 unspecified atom stereocenters. The first-order valence-corrected chi connectivity index (χ1v) is 8.73. The molecule has 3 rings (SSSR count). The number of carbonyl (C=O) groups excluding carboxylic acids is 1. The third-order valence-corrected chi connectivity index (χ3v) is 4.28. The van der Waals surface area contributed by atoms with Gasteiger partial charge in [-0.25, -0.2) is 0 Å². The zero-order chi connectivity index (χ0) is 19.1. The lowest BCUT2D eigenvalue weighted by Crippen LogP contribution is -2.30. The number of furan rings is 2. The summed E-state index contributed by atoms with van der Waals surface area (Å²) in [6.07, 6.45) is 4.19. The summed E-state index contributed by atoms with van der Waals surface area (Å²) < 4.78 is 21.4. The summed E-state index contributed by atoms with van der Waals surface area (Å²) in [5, 5.41) is 0. The molecule has 0 radical (unpaired) electrons. The van der Waals surface area contributed by atoms with Gasteiger partial charge in [0.2, 0.25) is 5.91 Å². The molecule has 1 aromatic carbocycles. The Morgan fingerprint density at radius 3 is 2.07 bits per heavy atom. The Morgan fingerprint density at radius 1 is 0.926 bits per heavy atom. The van der Waals surface area contributed by atoms with Gasteiger partial charge < -0.3 is 23.2 Å². The van der Waals surface area contributed by atoms with Gasteiger partial charge in [0, 0.05) is 6.42 Å². The quantitative estimate of drug-likeness (QED) is 0.569. The fraction of sp³-hybridized carbons (Fsp3) is 0.286. The summed E-state index contributed by atoms with van der Waals surface area (Å²) in [7, 11) is 3.20. The van der Waals surface area contributed by atoms with Crippen LogP contribution in [0.25, 0.3) is 0 Å². The van der Waals surface area contributed by atoms with Crippen LogP contribution in [-0.2, 0) is 24.3 Å². The highest BCUT2D eigenvalue weighted by Crippen LogP contribution is 2.28. The molecule has 0 saturated carbocycles. The van der Waals surface area contributed by atoms with Crippen LogP contribution in [0.5, 0.6) is 11.5 Å². The Labute approximate surface area is 158 Å². The Bertz CT molecular complexity index is 803. The Hall–Kier alpha value is -3.15. The Morgan fingerprint density at radius 2 is 1.56 bits per heavy atom. The highest BCUT2D eigenvalue weighted by Gasteiger charge is 2.17. The van der Waals surface area contributed by atoms with E-state index < -0.39 is 0 Å². The fourth-order valence-corrected chi connectivity index (χ4v) is 2.86. The minimum atomic E-state index is 0.0255. The highest BCUT2D eigenvalue weighted by atomic mass is 16.5. The van der Waals surface area contributed by atoms with Gasteiger partial charge in [0.1, 0.15) is 11.5 Å². The average molecular weight is 369 g/mol.